The molecular weight excluding hydrogens is 824 g/mol. The lowest BCUT2D eigenvalue weighted by Gasteiger charge is -2.29. The lowest BCUT2D eigenvalue weighted by Crippen LogP contribution is -2.52. The van der Waals surface area contributed by atoms with Crippen LogP contribution >= 0.6 is 11.6 Å². The van der Waals surface area contributed by atoms with Crippen molar-refractivity contribution in [3.05, 3.63) is 131 Å². The van der Waals surface area contributed by atoms with Crippen LogP contribution in [0, 0.1) is 0 Å². The lowest BCUT2D eigenvalue weighted by molar-refractivity contribution is -0.137. The van der Waals surface area contributed by atoms with Gasteiger partial charge in [-0.1, -0.05) is 78.9 Å². The standard InChI is InChI=1S/C49H57ClN4O9/c1-53(25-28-63-39-17-15-38(16-18-39)47(37-11-6-3-7-12-37)40(21-23-50)36-9-4-2-5-10-36)46(56)22-26-59-29-31-61-33-34-62-32-30-60-27-24-51-43-14-8-13-41-42(43)35-54(49(41)58)44-19-20-45(55)52-48(44)57/h2-18,44,51H,19-35H2,1H3,(H,52,55,57). The number of rotatable bonds is 26. The SMILES string of the molecule is CN(CCOc1ccc(C(=C(CCCl)c2ccccc2)c2ccccc2)cc1)C(=O)CCOCCOCCOCCOCCNc1cccc2c1CN(C1CCC(=O)NC1=O)C2=O. The number of hydrogen-bond donors (Lipinski definition) is 2. The number of hydrogen-bond acceptors (Lipinski definition) is 10. The first-order valence-corrected chi connectivity index (χ1v) is 22.1. The normalized spacial score (nSPS) is 15.2. The maximum absolute atomic E-state index is 13.0. The average Bonchev–Trinajstić information content (AvgIpc) is 3.64. The number of carbonyl (C=O) groups is 4. The number of alkyl halides is 1. The molecule has 4 aromatic carbocycles. The van der Waals surface area contributed by atoms with E-state index in [1.165, 1.54) is 10.5 Å². The Bertz CT molecular complexity index is 2140. The van der Waals surface area contributed by atoms with Gasteiger partial charge in [0.25, 0.3) is 5.91 Å². The van der Waals surface area contributed by atoms with Crippen LogP contribution in [0.3, 0.4) is 0 Å². The summed E-state index contributed by atoms with van der Waals surface area (Å²) >= 11 is 6.30. The van der Waals surface area contributed by atoms with Crippen LogP contribution in [-0.4, -0.2) is 125 Å². The number of halogens is 1. The second kappa shape index (κ2) is 24.9. The molecule has 4 aromatic rings. The molecule has 1 fully saturated rings. The Hall–Kier alpha value is -5.57. The Kier molecular flexibility index (Phi) is 18.6. The average molecular weight is 881 g/mol. The predicted molar refractivity (Wildman–Crippen MR) is 243 cm³/mol. The number of ether oxygens (including phenoxy) is 5. The van der Waals surface area contributed by atoms with Crippen LogP contribution in [0.1, 0.15) is 58.3 Å². The van der Waals surface area contributed by atoms with Gasteiger partial charge in [-0.05, 0) is 64.9 Å². The van der Waals surface area contributed by atoms with Gasteiger partial charge < -0.3 is 38.8 Å². The maximum Gasteiger partial charge on any atom is 0.255 e. The van der Waals surface area contributed by atoms with Crippen molar-refractivity contribution in [2.45, 2.75) is 38.3 Å². The number of imide groups is 1. The molecule has 1 saturated heterocycles. The smallest absolute Gasteiger partial charge is 0.255 e. The third-order valence-corrected chi connectivity index (χ3v) is 11.0. The van der Waals surface area contributed by atoms with Crippen molar-refractivity contribution in [2.24, 2.45) is 0 Å². The Morgan fingerprint density at radius 2 is 1.35 bits per heavy atom. The molecular formula is C49H57ClN4O9. The second-order valence-corrected chi connectivity index (χ2v) is 15.4. The summed E-state index contributed by atoms with van der Waals surface area (Å²) in [6.07, 6.45) is 1.54. The minimum absolute atomic E-state index is 0.0231. The van der Waals surface area contributed by atoms with Crippen LogP contribution in [0.25, 0.3) is 11.1 Å². The highest BCUT2D eigenvalue weighted by molar-refractivity contribution is 6.18. The number of allylic oxidation sites excluding steroid dienone is 1. The number of anilines is 1. The zero-order valence-corrected chi connectivity index (χ0v) is 36.6. The summed E-state index contributed by atoms with van der Waals surface area (Å²) in [4.78, 5) is 52.8. The van der Waals surface area contributed by atoms with Crippen molar-refractivity contribution in [1.82, 2.24) is 15.1 Å². The molecule has 2 aliphatic heterocycles. The molecule has 1 atom stereocenters. The molecule has 14 heteroatoms. The van der Waals surface area contributed by atoms with E-state index in [0.29, 0.717) is 97.0 Å². The van der Waals surface area contributed by atoms with Crippen LogP contribution in [0.5, 0.6) is 5.75 Å². The predicted octanol–water partition coefficient (Wildman–Crippen LogP) is 6.44. The summed E-state index contributed by atoms with van der Waals surface area (Å²) in [5.41, 5.74) is 7.89. The van der Waals surface area contributed by atoms with Gasteiger partial charge in [-0.3, -0.25) is 24.5 Å². The number of piperidine rings is 1. The topological polar surface area (TPSA) is 145 Å². The number of nitrogens with zero attached hydrogens (tertiary/aromatic N) is 2. The van der Waals surface area contributed by atoms with E-state index in [4.69, 9.17) is 35.3 Å². The monoisotopic (exact) mass is 880 g/mol. The third kappa shape index (κ3) is 13.7. The fourth-order valence-corrected chi connectivity index (χ4v) is 7.72. The fraction of sp³-hybridized carbons (Fsp3) is 0.388. The molecule has 1 unspecified atom stereocenters. The second-order valence-electron chi connectivity index (χ2n) is 15.1. The Morgan fingerprint density at radius 1 is 0.730 bits per heavy atom. The molecule has 2 aliphatic rings. The quantitative estimate of drug-likeness (QED) is 0.0313. The highest BCUT2D eigenvalue weighted by atomic mass is 35.5. The van der Waals surface area contributed by atoms with Gasteiger partial charge in [-0.15, -0.1) is 11.6 Å². The van der Waals surface area contributed by atoms with Gasteiger partial charge in [0, 0.05) is 49.3 Å². The Labute approximate surface area is 374 Å². The molecule has 6 rings (SSSR count). The molecule has 4 amide bonds. The maximum atomic E-state index is 13.0. The van der Waals surface area contributed by atoms with Crippen LogP contribution in [-0.2, 0) is 39.9 Å². The minimum Gasteiger partial charge on any atom is -0.492 e. The van der Waals surface area contributed by atoms with E-state index in [1.54, 1.807) is 18.0 Å². The molecule has 0 spiro atoms. The summed E-state index contributed by atoms with van der Waals surface area (Å²) < 4.78 is 28.5. The van der Waals surface area contributed by atoms with Gasteiger partial charge in [-0.25, -0.2) is 0 Å². The molecule has 2 heterocycles. The largest absolute Gasteiger partial charge is 0.492 e. The van der Waals surface area contributed by atoms with Gasteiger partial charge >= 0.3 is 0 Å². The van der Waals surface area contributed by atoms with E-state index >= 15 is 0 Å². The van der Waals surface area contributed by atoms with Crippen LogP contribution in [0.2, 0.25) is 0 Å². The Morgan fingerprint density at radius 3 is 2.00 bits per heavy atom. The number of likely N-dealkylation sites (N-methyl/N-ethyl adjacent to an activating group) is 1. The fourth-order valence-electron chi connectivity index (χ4n) is 7.53. The van der Waals surface area contributed by atoms with Gasteiger partial charge in [0.1, 0.15) is 18.4 Å². The molecule has 0 bridgehead atoms. The van der Waals surface area contributed by atoms with E-state index in [2.05, 4.69) is 47.0 Å². The molecule has 0 saturated carbocycles. The first-order chi connectivity index (χ1) is 30.8. The highest BCUT2D eigenvalue weighted by Crippen LogP contribution is 2.36. The molecule has 2 N–H and O–H groups in total. The van der Waals surface area contributed by atoms with Gasteiger partial charge in [0.15, 0.2) is 0 Å². The molecule has 334 valence electrons. The number of fused-ring (bicyclic) bond motifs is 1. The molecule has 0 aromatic heterocycles. The van der Waals surface area contributed by atoms with Crippen molar-refractivity contribution in [3.63, 3.8) is 0 Å². The van der Waals surface area contributed by atoms with Gasteiger partial charge in [0.05, 0.1) is 65.8 Å². The van der Waals surface area contributed by atoms with E-state index in [9.17, 15) is 19.2 Å². The zero-order chi connectivity index (χ0) is 44.2. The zero-order valence-electron chi connectivity index (χ0n) is 35.9. The van der Waals surface area contributed by atoms with Gasteiger partial charge in [-0.2, -0.15) is 0 Å². The molecule has 0 aliphatic carbocycles. The van der Waals surface area contributed by atoms with Crippen molar-refractivity contribution in [2.75, 3.05) is 90.8 Å². The molecule has 63 heavy (non-hydrogen) atoms. The van der Waals surface area contributed by atoms with E-state index in [-0.39, 0.29) is 30.6 Å². The first-order valence-electron chi connectivity index (χ1n) is 21.5. The van der Waals surface area contributed by atoms with Crippen LogP contribution in [0.4, 0.5) is 5.69 Å². The van der Waals surface area contributed by atoms with Crippen molar-refractivity contribution < 1.29 is 42.9 Å². The van der Waals surface area contributed by atoms with Crippen LogP contribution in [0.15, 0.2) is 103 Å². The summed E-state index contributed by atoms with van der Waals surface area (Å²) in [5, 5.41) is 5.66. The van der Waals surface area contributed by atoms with Crippen molar-refractivity contribution >= 4 is 52.1 Å². The van der Waals surface area contributed by atoms with E-state index in [1.807, 2.05) is 60.7 Å². The number of nitrogens with one attached hydrogen (secondary N) is 2. The first kappa shape index (κ1) is 46.9. The summed E-state index contributed by atoms with van der Waals surface area (Å²) in [6.45, 7) is 4.82. The Balaban J connectivity index is 0.777. The van der Waals surface area contributed by atoms with Crippen LogP contribution < -0.4 is 15.4 Å². The van der Waals surface area contributed by atoms with E-state index in [0.717, 1.165) is 45.7 Å². The summed E-state index contributed by atoms with van der Waals surface area (Å²) in [5.74, 6) is 0.279. The minimum atomic E-state index is -0.649. The van der Waals surface area contributed by atoms with E-state index < -0.39 is 11.9 Å². The van der Waals surface area contributed by atoms with Gasteiger partial charge in [0.2, 0.25) is 17.7 Å². The van der Waals surface area contributed by atoms with Crippen molar-refractivity contribution in [3.8, 4) is 5.75 Å². The highest BCUT2D eigenvalue weighted by Gasteiger charge is 2.39. The third-order valence-electron chi connectivity index (χ3n) is 10.8. The summed E-state index contributed by atoms with van der Waals surface area (Å²) in [6, 6.07) is 33.6. The molecule has 0 radical (unpaired) electrons. The molecule has 13 nitrogen and oxygen atoms in total. The number of benzene rings is 4. The lowest BCUT2D eigenvalue weighted by atomic mass is 9.88. The number of amides is 4. The number of carbonyl (C=O) groups excluding carboxylic acids is 4. The van der Waals surface area contributed by atoms with Crippen molar-refractivity contribution in [1.29, 1.82) is 0 Å². The summed E-state index contributed by atoms with van der Waals surface area (Å²) in [7, 11) is 1.76.